The number of nitrogens with two attached hydrogens (primary N) is 1. The summed E-state index contributed by atoms with van der Waals surface area (Å²) in [6.07, 6.45) is 1.34. The van der Waals surface area contributed by atoms with Gasteiger partial charge in [0.05, 0.1) is 22.0 Å². The summed E-state index contributed by atoms with van der Waals surface area (Å²) in [6.45, 7) is -0.181. The lowest BCUT2D eigenvalue weighted by Crippen LogP contribution is -2.30. The molecule has 0 saturated carbocycles. The van der Waals surface area contributed by atoms with Gasteiger partial charge in [-0.3, -0.25) is 10.2 Å². The number of rotatable bonds is 5. The number of aromatic nitrogens is 1. The van der Waals surface area contributed by atoms with E-state index in [1.54, 1.807) is 0 Å². The van der Waals surface area contributed by atoms with Crippen LogP contribution in [0.3, 0.4) is 0 Å². The summed E-state index contributed by atoms with van der Waals surface area (Å²) >= 11 is 5.93. The summed E-state index contributed by atoms with van der Waals surface area (Å²) in [7, 11) is -1.11. The Balaban J connectivity index is 0.00000338. The van der Waals surface area contributed by atoms with Crippen LogP contribution in [0.4, 0.5) is 4.39 Å². The molecule has 0 fully saturated rings. The van der Waals surface area contributed by atoms with E-state index in [0.29, 0.717) is 0 Å². The summed E-state index contributed by atoms with van der Waals surface area (Å²) in [6, 6.07) is 4.50. The molecule has 0 unspecified atom stereocenters. The van der Waals surface area contributed by atoms with Gasteiger partial charge >= 0.3 is 0 Å². The number of nitrogens with zero attached hydrogens (tertiary/aromatic N) is 2. The molecule has 11 heteroatoms. The van der Waals surface area contributed by atoms with Crippen molar-refractivity contribution < 1.29 is 17.6 Å². The van der Waals surface area contributed by atoms with Crippen LogP contribution < -0.4 is 11.2 Å². The molecule has 0 aliphatic carbocycles. The van der Waals surface area contributed by atoms with Crippen molar-refractivity contribution in [2.45, 2.75) is 11.4 Å². The second kappa shape index (κ2) is 8.17. The average molecular weight is 423 g/mol. The monoisotopic (exact) mass is 422 g/mol. The standard InChI is InChI=1S/C15H16ClFN4O3S.ClH/c1-20(2)25(23,24)13-4-3-11(17)5-9(13)7-21-8-10(16)6-12(14(21)18)15(19)22;/h3-6,8,18H,7H2,1-2H3,(H2,19,22);1H. The third-order valence-electron chi connectivity index (χ3n) is 3.49. The van der Waals surface area contributed by atoms with E-state index >= 15 is 0 Å². The number of hydrogen-bond donors (Lipinski definition) is 2. The third kappa shape index (κ3) is 4.42. The van der Waals surface area contributed by atoms with Gasteiger partial charge in [0.2, 0.25) is 10.0 Å². The third-order valence-corrected chi connectivity index (χ3v) is 5.61. The summed E-state index contributed by atoms with van der Waals surface area (Å²) in [5.74, 6) is -1.47. The van der Waals surface area contributed by atoms with Crippen molar-refractivity contribution in [1.29, 1.82) is 5.41 Å². The molecule has 0 spiro atoms. The minimum atomic E-state index is -3.83. The van der Waals surface area contributed by atoms with Gasteiger partial charge in [-0.25, -0.2) is 17.1 Å². The second-order valence-electron chi connectivity index (χ2n) is 5.45. The highest BCUT2D eigenvalue weighted by Crippen LogP contribution is 2.21. The van der Waals surface area contributed by atoms with E-state index < -0.39 is 21.7 Å². The van der Waals surface area contributed by atoms with Gasteiger partial charge in [0.15, 0.2) is 0 Å². The van der Waals surface area contributed by atoms with Crippen LogP contribution in [0.25, 0.3) is 0 Å². The van der Waals surface area contributed by atoms with Crippen LogP contribution in [0, 0.1) is 11.2 Å². The summed E-state index contributed by atoms with van der Waals surface area (Å²) in [5, 5.41) is 8.17. The maximum Gasteiger partial charge on any atom is 0.252 e. The van der Waals surface area contributed by atoms with E-state index in [1.165, 1.54) is 30.9 Å². The van der Waals surface area contributed by atoms with E-state index in [1.807, 2.05) is 0 Å². The van der Waals surface area contributed by atoms with Crippen LogP contribution in [-0.2, 0) is 16.6 Å². The molecule has 26 heavy (non-hydrogen) atoms. The van der Waals surface area contributed by atoms with E-state index in [0.717, 1.165) is 22.5 Å². The van der Waals surface area contributed by atoms with Crippen molar-refractivity contribution in [3.8, 4) is 0 Å². The number of benzene rings is 1. The Kier molecular flexibility index (Phi) is 6.95. The molecule has 0 aliphatic heterocycles. The molecule has 1 aromatic heterocycles. The van der Waals surface area contributed by atoms with Gasteiger partial charge in [0.1, 0.15) is 11.3 Å². The number of carbonyl (C=O) groups excluding carboxylic acids is 1. The highest BCUT2D eigenvalue weighted by atomic mass is 35.5. The molecule has 1 amide bonds. The van der Waals surface area contributed by atoms with Crippen molar-refractivity contribution in [2.75, 3.05) is 14.1 Å². The fourth-order valence-electron chi connectivity index (χ4n) is 2.23. The molecule has 3 N–H and O–H groups in total. The van der Waals surface area contributed by atoms with Gasteiger partial charge < -0.3 is 10.3 Å². The Labute approximate surface area is 161 Å². The van der Waals surface area contributed by atoms with Crippen LogP contribution in [0.2, 0.25) is 5.02 Å². The minimum Gasteiger partial charge on any atom is -0.365 e. The predicted molar refractivity (Wildman–Crippen MR) is 97.4 cm³/mol. The quantitative estimate of drug-likeness (QED) is 0.762. The zero-order valence-electron chi connectivity index (χ0n) is 13.9. The van der Waals surface area contributed by atoms with Crippen LogP contribution in [0.1, 0.15) is 15.9 Å². The Bertz CT molecular complexity index is 1010. The number of carbonyl (C=O) groups is 1. The Hall–Kier alpha value is -1.94. The number of pyridine rings is 1. The molecule has 142 valence electrons. The number of primary amides is 1. The van der Waals surface area contributed by atoms with Gasteiger partial charge in [0.25, 0.3) is 5.91 Å². The molecule has 0 radical (unpaired) electrons. The Morgan fingerprint density at radius 3 is 2.50 bits per heavy atom. The lowest BCUT2D eigenvalue weighted by Gasteiger charge is -2.17. The maximum atomic E-state index is 13.7. The van der Waals surface area contributed by atoms with Crippen molar-refractivity contribution in [1.82, 2.24) is 8.87 Å². The van der Waals surface area contributed by atoms with Gasteiger partial charge in [-0.1, -0.05) is 11.6 Å². The molecule has 0 atom stereocenters. The Morgan fingerprint density at radius 1 is 1.35 bits per heavy atom. The SMILES string of the molecule is CN(C)S(=O)(=O)c1ccc(F)cc1Cn1cc(Cl)cc(C(N)=O)c1=N.Cl. The number of halogens is 3. The minimum absolute atomic E-state index is 0. The average Bonchev–Trinajstić information content (AvgIpc) is 2.50. The molecule has 2 rings (SSSR count). The highest BCUT2D eigenvalue weighted by Gasteiger charge is 2.22. The van der Waals surface area contributed by atoms with Crippen LogP contribution >= 0.6 is 24.0 Å². The largest absolute Gasteiger partial charge is 0.365 e. The second-order valence-corrected chi connectivity index (χ2v) is 8.01. The lowest BCUT2D eigenvalue weighted by atomic mass is 10.2. The summed E-state index contributed by atoms with van der Waals surface area (Å²) < 4.78 is 40.7. The summed E-state index contributed by atoms with van der Waals surface area (Å²) in [4.78, 5) is 11.3. The first kappa shape index (κ1) is 22.1. The molecule has 0 saturated heterocycles. The van der Waals surface area contributed by atoms with Crippen LogP contribution in [0.5, 0.6) is 0 Å². The molecular weight excluding hydrogens is 406 g/mol. The molecule has 0 aliphatic rings. The smallest absolute Gasteiger partial charge is 0.252 e. The normalized spacial score (nSPS) is 11.3. The fraction of sp³-hybridized carbons (Fsp3) is 0.200. The molecule has 1 aromatic carbocycles. The van der Waals surface area contributed by atoms with Crippen LogP contribution in [0.15, 0.2) is 35.4 Å². The summed E-state index contributed by atoms with van der Waals surface area (Å²) in [5.41, 5.74) is 4.95. The fourth-order valence-corrected chi connectivity index (χ4v) is 3.54. The first-order valence-corrected chi connectivity index (χ1v) is 8.81. The first-order chi connectivity index (χ1) is 11.5. The molecule has 0 bridgehead atoms. The molecule has 7 nitrogen and oxygen atoms in total. The number of hydrogen-bond acceptors (Lipinski definition) is 4. The first-order valence-electron chi connectivity index (χ1n) is 6.99. The molecule has 2 aromatic rings. The highest BCUT2D eigenvalue weighted by molar-refractivity contribution is 7.89. The van der Waals surface area contributed by atoms with Crippen molar-refractivity contribution in [3.05, 3.63) is 57.9 Å². The van der Waals surface area contributed by atoms with Crippen molar-refractivity contribution in [3.63, 3.8) is 0 Å². The number of nitrogens with one attached hydrogen (secondary N) is 1. The van der Waals surface area contributed by atoms with Crippen molar-refractivity contribution in [2.24, 2.45) is 5.73 Å². The maximum absolute atomic E-state index is 13.7. The number of sulfonamides is 1. The molecular formula is C15H17Cl2FN4O3S. The number of amides is 1. The van der Waals surface area contributed by atoms with Crippen molar-refractivity contribution >= 4 is 39.9 Å². The lowest BCUT2D eigenvalue weighted by molar-refractivity contribution is 0.0997. The predicted octanol–water partition coefficient (Wildman–Crippen LogP) is 1.58. The van der Waals surface area contributed by atoms with E-state index in [2.05, 4.69) is 0 Å². The van der Waals surface area contributed by atoms with Gasteiger partial charge in [-0.15, -0.1) is 12.4 Å². The molecule has 1 heterocycles. The van der Waals surface area contributed by atoms with Gasteiger partial charge in [-0.05, 0) is 29.8 Å². The zero-order chi connectivity index (χ0) is 18.9. The van der Waals surface area contributed by atoms with E-state index in [9.17, 15) is 17.6 Å². The van der Waals surface area contributed by atoms with E-state index in [-0.39, 0.29) is 45.5 Å². The Morgan fingerprint density at radius 2 is 1.96 bits per heavy atom. The topological polar surface area (TPSA) is 109 Å². The van der Waals surface area contributed by atoms with Gasteiger partial charge in [0, 0.05) is 20.3 Å². The van der Waals surface area contributed by atoms with Crippen LogP contribution in [-0.4, -0.2) is 37.3 Å². The van der Waals surface area contributed by atoms with Gasteiger partial charge in [-0.2, -0.15) is 0 Å². The van der Waals surface area contributed by atoms with E-state index in [4.69, 9.17) is 22.7 Å². The zero-order valence-corrected chi connectivity index (χ0v) is 16.3.